The minimum atomic E-state index is -0.221. The molecule has 0 aliphatic rings. The van der Waals surface area contributed by atoms with Gasteiger partial charge < -0.3 is 22.9 Å². The van der Waals surface area contributed by atoms with E-state index in [9.17, 15) is 26.3 Å². The van der Waals surface area contributed by atoms with Crippen LogP contribution < -0.4 is 22.9 Å². The second-order valence-electron chi connectivity index (χ2n) is 5.81. The molecule has 28 heavy (non-hydrogen) atoms. The quantitative estimate of drug-likeness (QED) is 0.455. The fourth-order valence-electron chi connectivity index (χ4n) is 3.32. The Kier molecular flexibility index (Phi) is 3.76. The molecule has 130 valence electrons. The lowest BCUT2D eigenvalue weighted by molar-refractivity contribution is 1.47. The van der Waals surface area contributed by atoms with Crippen LogP contribution in [0.25, 0.3) is 21.5 Å². The highest BCUT2D eigenvalue weighted by Crippen LogP contribution is 2.45. The van der Waals surface area contributed by atoms with Gasteiger partial charge in [0, 0.05) is 21.5 Å². The predicted molar refractivity (Wildman–Crippen MR) is 103 cm³/mol. The van der Waals surface area contributed by atoms with Gasteiger partial charge in [-0.3, -0.25) is 0 Å². The Morgan fingerprint density at radius 2 is 0.964 bits per heavy atom. The molecule has 0 aromatic heterocycles. The van der Waals surface area contributed by atoms with Gasteiger partial charge in [0.05, 0.1) is 56.6 Å². The summed E-state index contributed by atoms with van der Waals surface area (Å²) in [6.07, 6.45) is 0. The number of rotatable bonds is 0. The zero-order chi connectivity index (χ0) is 20.7. The first-order chi connectivity index (χ1) is 13.4. The van der Waals surface area contributed by atoms with Gasteiger partial charge in [-0.25, -0.2) is 0 Å². The van der Waals surface area contributed by atoms with Crippen molar-refractivity contribution in [2.24, 2.45) is 0 Å². The summed E-state index contributed by atoms with van der Waals surface area (Å²) < 4.78 is 0. The fraction of sp³-hybridized carbons (Fsp3) is 0. The Hall–Kier alpha value is -5.17. The number of hydrogen-bond donors (Lipinski definition) is 4. The maximum absolute atomic E-state index is 9.62. The monoisotopic (exact) mass is 363 g/mol. The molecule has 0 bridgehead atoms. The number of nitrogen functional groups attached to an aromatic ring is 4. The van der Waals surface area contributed by atoms with Crippen molar-refractivity contribution < 1.29 is 0 Å². The molecule has 0 fully saturated rings. The van der Waals surface area contributed by atoms with E-state index < -0.39 is 0 Å². The van der Waals surface area contributed by atoms with Crippen LogP contribution in [0.15, 0.2) is 6.07 Å². The number of hydrogen-bond acceptors (Lipinski definition) is 9. The van der Waals surface area contributed by atoms with E-state index >= 15 is 0 Å². The van der Waals surface area contributed by atoms with E-state index in [1.54, 1.807) is 0 Å². The smallest absolute Gasteiger partial charge is 0.104 e. The summed E-state index contributed by atoms with van der Waals surface area (Å²) in [5, 5.41) is 48.2. The molecule has 8 N–H and O–H groups in total. The van der Waals surface area contributed by atoms with Crippen molar-refractivity contribution in [3.05, 3.63) is 33.9 Å². The number of nitriles is 5. The molecule has 3 aromatic carbocycles. The first kappa shape index (κ1) is 17.6. The first-order valence-corrected chi connectivity index (χ1v) is 7.60. The average Bonchev–Trinajstić information content (AvgIpc) is 2.94. The highest BCUT2D eigenvalue weighted by Gasteiger charge is 2.25. The molecular weight excluding hydrogens is 354 g/mol. The van der Waals surface area contributed by atoms with Crippen LogP contribution in [-0.4, -0.2) is 0 Å². The summed E-state index contributed by atoms with van der Waals surface area (Å²) in [6.45, 7) is 0. The van der Waals surface area contributed by atoms with Gasteiger partial charge in [0.2, 0.25) is 0 Å². The topological polar surface area (TPSA) is 223 Å². The van der Waals surface area contributed by atoms with E-state index in [2.05, 4.69) is 0 Å². The highest BCUT2D eigenvalue weighted by molar-refractivity contribution is 6.24. The van der Waals surface area contributed by atoms with E-state index in [1.165, 1.54) is 6.07 Å². The van der Waals surface area contributed by atoms with Crippen molar-refractivity contribution in [1.29, 1.82) is 26.3 Å². The summed E-state index contributed by atoms with van der Waals surface area (Å²) in [5.41, 5.74) is 23.2. The zero-order valence-corrected chi connectivity index (χ0v) is 14.1. The predicted octanol–water partition coefficient (Wildman–Crippen LogP) is 1.68. The largest absolute Gasteiger partial charge is 0.397 e. The molecule has 0 spiro atoms. The minimum absolute atomic E-state index is 0.0190. The van der Waals surface area contributed by atoms with Crippen LogP contribution in [0.4, 0.5) is 22.7 Å². The Morgan fingerprint density at radius 1 is 0.500 bits per heavy atom. The molecule has 0 amide bonds. The number of nitrogens with two attached hydrogens (primary N) is 4. The number of benzene rings is 1. The van der Waals surface area contributed by atoms with Gasteiger partial charge in [0.15, 0.2) is 0 Å². The van der Waals surface area contributed by atoms with Gasteiger partial charge in [-0.05, 0) is 6.07 Å². The summed E-state index contributed by atoms with van der Waals surface area (Å²) in [4.78, 5) is 0. The first-order valence-electron chi connectivity index (χ1n) is 7.60. The molecule has 0 saturated heterocycles. The van der Waals surface area contributed by atoms with Crippen LogP contribution in [0, 0.1) is 56.7 Å². The second-order valence-corrected chi connectivity index (χ2v) is 5.81. The molecule has 0 unspecified atom stereocenters. The lowest BCUT2D eigenvalue weighted by atomic mass is 9.97. The molecule has 9 heteroatoms. The molecule has 0 aliphatic heterocycles. The molecular formula is C19H9N9. The van der Waals surface area contributed by atoms with Crippen molar-refractivity contribution >= 4 is 44.3 Å². The molecule has 3 rings (SSSR count). The summed E-state index contributed by atoms with van der Waals surface area (Å²) in [6, 6.07) is 10.8. The van der Waals surface area contributed by atoms with Gasteiger partial charge >= 0.3 is 0 Å². The van der Waals surface area contributed by atoms with Gasteiger partial charge in [-0.2, -0.15) is 26.3 Å². The van der Waals surface area contributed by atoms with E-state index in [0.717, 1.165) is 0 Å². The minimum Gasteiger partial charge on any atom is -0.397 e. The second kappa shape index (κ2) is 5.97. The van der Waals surface area contributed by atoms with Crippen molar-refractivity contribution in [2.45, 2.75) is 0 Å². The fourth-order valence-corrected chi connectivity index (χ4v) is 3.32. The molecule has 3 aromatic rings. The number of fused-ring (bicyclic) bond motifs is 3. The Balaban J connectivity index is 2.96. The highest BCUT2D eigenvalue weighted by atomic mass is 14.7. The average molecular weight is 363 g/mol. The van der Waals surface area contributed by atoms with Crippen LogP contribution in [-0.2, 0) is 0 Å². The van der Waals surface area contributed by atoms with Crippen LogP contribution in [0.1, 0.15) is 27.8 Å². The van der Waals surface area contributed by atoms with E-state index in [1.807, 2.05) is 30.3 Å². The van der Waals surface area contributed by atoms with Crippen molar-refractivity contribution in [2.75, 3.05) is 22.9 Å². The third kappa shape index (κ3) is 1.95. The lowest BCUT2D eigenvalue weighted by Crippen LogP contribution is -1.97. The van der Waals surface area contributed by atoms with E-state index in [-0.39, 0.29) is 72.1 Å². The number of anilines is 4. The van der Waals surface area contributed by atoms with Gasteiger partial charge in [-0.15, -0.1) is 0 Å². The van der Waals surface area contributed by atoms with Crippen LogP contribution in [0.5, 0.6) is 0 Å². The third-order valence-electron chi connectivity index (χ3n) is 4.57. The summed E-state index contributed by atoms with van der Waals surface area (Å²) >= 11 is 0. The standard InChI is InChI=1S/C19H9N9/c20-2-7-1-8-15(14-10(4-22)17(26)9(3-21)13(7)14)19(28)12(6-24)18(27)11(5-23)16(8)25/h1H,25-28H2. The van der Waals surface area contributed by atoms with Crippen molar-refractivity contribution in [3.63, 3.8) is 0 Å². The van der Waals surface area contributed by atoms with Crippen molar-refractivity contribution in [1.82, 2.24) is 0 Å². The van der Waals surface area contributed by atoms with Crippen LogP contribution in [0.3, 0.4) is 0 Å². The van der Waals surface area contributed by atoms with Gasteiger partial charge in [0.25, 0.3) is 0 Å². The van der Waals surface area contributed by atoms with E-state index in [0.29, 0.717) is 0 Å². The summed E-state index contributed by atoms with van der Waals surface area (Å²) in [7, 11) is 0. The maximum atomic E-state index is 9.62. The number of nitrogens with zero attached hydrogens (tertiary/aromatic N) is 5. The molecule has 0 aliphatic carbocycles. The van der Waals surface area contributed by atoms with Crippen LogP contribution in [0.2, 0.25) is 0 Å². The van der Waals surface area contributed by atoms with Gasteiger partial charge in [-0.1, -0.05) is 0 Å². The lowest BCUT2D eigenvalue weighted by Gasteiger charge is -2.06. The van der Waals surface area contributed by atoms with Gasteiger partial charge in [0.1, 0.15) is 24.3 Å². The third-order valence-corrected chi connectivity index (χ3v) is 4.57. The molecule has 0 heterocycles. The van der Waals surface area contributed by atoms with Crippen molar-refractivity contribution in [3.8, 4) is 30.3 Å². The normalized spacial score (nSPS) is 9.82. The molecule has 0 saturated carbocycles. The maximum Gasteiger partial charge on any atom is 0.104 e. The van der Waals surface area contributed by atoms with E-state index in [4.69, 9.17) is 22.9 Å². The molecule has 9 nitrogen and oxygen atoms in total. The summed E-state index contributed by atoms with van der Waals surface area (Å²) in [5.74, 6) is 0. The Bertz CT molecular complexity index is 1450. The molecule has 0 radical (unpaired) electrons. The Labute approximate surface area is 158 Å². The Morgan fingerprint density at radius 3 is 1.46 bits per heavy atom. The molecule has 0 atom stereocenters. The zero-order valence-electron chi connectivity index (χ0n) is 14.1. The SMILES string of the molecule is N#Cc1c(N)c(C#N)c(N)c2c(cc(C#N)c3c(C#N)c(N)c(C#N)c32)c1N. The van der Waals surface area contributed by atoms with Crippen LogP contribution >= 0.6 is 0 Å².